The van der Waals surface area contributed by atoms with Crippen LogP contribution in [-0.4, -0.2) is 82.7 Å². The topological polar surface area (TPSA) is 280 Å². The normalized spacial score (nSPS) is 14.0. The molecule has 35 heavy (non-hydrogen) atoms. The Labute approximate surface area is 205 Å². The van der Waals surface area contributed by atoms with Crippen molar-refractivity contribution in [3.8, 4) is 0 Å². The van der Waals surface area contributed by atoms with Crippen LogP contribution < -0.4 is 38.9 Å². The van der Waals surface area contributed by atoms with E-state index in [0.717, 1.165) is 0 Å². The first-order valence-corrected chi connectivity index (χ1v) is 11.9. The van der Waals surface area contributed by atoms with E-state index in [2.05, 4.69) is 16.0 Å². The van der Waals surface area contributed by atoms with Gasteiger partial charge in [0.25, 0.3) is 0 Å². The summed E-state index contributed by atoms with van der Waals surface area (Å²) < 4.78 is 0. The van der Waals surface area contributed by atoms with Crippen LogP contribution in [-0.2, 0) is 33.6 Å². The number of nitrogens with one attached hydrogen (secondary N) is 3. The molecule has 16 heteroatoms. The summed E-state index contributed by atoms with van der Waals surface area (Å²) in [5.74, 6) is -6.14. The largest absolute Gasteiger partial charge is 0.480 e. The smallest absolute Gasteiger partial charge is 0.326 e. The van der Waals surface area contributed by atoms with Crippen LogP contribution in [0.4, 0.5) is 0 Å². The molecule has 0 bridgehead atoms. The van der Waals surface area contributed by atoms with Gasteiger partial charge >= 0.3 is 5.97 Å². The number of thioether (sulfide) groups is 1. The fraction of sp³-hybridized carbons (Fsp3) is 0.632. The maximum absolute atomic E-state index is 12.9. The number of hydrogen-bond acceptors (Lipinski definition) is 9. The SMILES string of the molecule is CSCCC(N)C(=O)NC(CCC(N)=O)C(=O)NC(CCC(N)=O)C(=O)NC(CC(N)=O)C(=O)O. The van der Waals surface area contributed by atoms with Gasteiger partial charge in [0, 0.05) is 12.8 Å². The molecule has 0 aromatic carbocycles. The van der Waals surface area contributed by atoms with Gasteiger partial charge in [-0.05, 0) is 31.3 Å². The lowest BCUT2D eigenvalue weighted by atomic mass is 10.1. The van der Waals surface area contributed by atoms with Crippen molar-refractivity contribution in [3.63, 3.8) is 0 Å². The number of rotatable bonds is 18. The van der Waals surface area contributed by atoms with Crippen LogP contribution in [0.1, 0.15) is 38.5 Å². The first-order chi connectivity index (χ1) is 16.3. The van der Waals surface area contributed by atoms with Gasteiger partial charge in [-0.25, -0.2) is 4.79 Å². The molecule has 4 unspecified atom stereocenters. The molecule has 4 atom stereocenters. The number of amides is 6. The summed E-state index contributed by atoms with van der Waals surface area (Å²) in [4.78, 5) is 82.7. The highest BCUT2D eigenvalue weighted by molar-refractivity contribution is 7.98. The van der Waals surface area contributed by atoms with Gasteiger partial charge in [0.05, 0.1) is 12.5 Å². The van der Waals surface area contributed by atoms with Gasteiger partial charge in [-0.2, -0.15) is 11.8 Å². The van der Waals surface area contributed by atoms with Crippen LogP contribution in [0.5, 0.6) is 0 Å². The van der Waals surface area contributed by atoms with E-state index in [0.29, 0.717) is 12.2 Å². The van der Waals surface area contributed by atoms with Gasteiger partial charge in [-0.15, -0.1) is 0 Å². The van der Waals surface area contributed by atoms with Crippen molar-refractivity contribution >= 4 is 53.2 Å². The summed E-state index contributed by atoms with van der Waals surface area (Å²) in [5, 5.41) is 16.0. The number of aliphatic carboxylic acids is 1. The Morgan fingerprint density at radius 3 is 1.51 bits per heavy atom. The predicted molar refractivity (Wildman–Crippen MR) is 125 cm³/mol. The fourth-order valence-corrected chi connectivity index (χ4v) is 3.20. The van der Waals surface area contributed by atoms with E-state index >= 15 is 0 Å². The molecule has 15 nitrogen and oxygen atoms in total. The summed E-state index contributed by atoms with van der Waals surface area (Å²) in [6.07, 6.45) is 0.245. The zero-order valence-electron chi connectivity index (χ0n) is 19.3. The van der Waals surface area contributed by atoms with Gasteiger partial charge in [0.1, 0.15) is 18.1 Å². The van der Waals surface area contributed by atoms with Gasteiger partial charge < -0.3 is 44.0 Å². The van der Waals surface area contributed by atoms with E-state index in [-0.39, 0.29) is 25.7 Å². The Morgan fingerprint density at radius 1 is 0.714 bits per heavy atom. The summed E-state index contributed by atoms with van der Waals surface area (Å²) in [6, 6.07) is -5.42. The number of carbonyl (C=O) groups excluding carboxylic acids is 6. The highest BCUT2D eigenvalue weighted by Gasteiger charge is 2.31. The first kappa shape index (κ1) is 31.6. The molecular weight excluding hydrogens is 486 g/mol. The molecule has 0 aromatic rings. The molecule has 12 N–H and O–H groups in total. The molecule has 6 amide bonds. The molecule has 0 aliphatic carbocycles. The summed E-state index contributed by atoms with van der Waals surface area (Å²) >= 11 is 1.46. The number of nitrogens with two attached hydrogens (primary N) is 4. The molecule has 0 saturated carbocycles. The highest BCUT2D eigenvalue weighted by atomic mass is 32.2. The Hall–Kier alpha value is -3.40. The molecule has 198 valence electrons. The number of carboxylic acid groups (broad SMARTS) is 1. The third-order valence-corrected chi connectivity index (χ3v) is 5.26. The molecule has 0 spiro atoms. The number of primary amides is 3. The Kier molecular flexibility index (Phi) is 14.7. The Balaban J connectivity index is 5.61. The molecule has 0 aromatic heterocycles. The summed E-state index contributed by atoms with van der Waals surface area (Å²) in [7, 11) is 0. The van der Waals surface area contributed by atoms with Crippen LogP contribution >= 0.6 is 11.8 Å². The number of hydrogen-bond donors (Lipinski definition) is 8. The van der Waals surface area contributed by atoms with E-state index < -0.39 is 72.0 Å². The summed E-state index contributed by atoms with van der Waals surface area (Å²) in [5.41, 5.74) is 21.0. The monoisotopic (exact) mass is 519 g/mol. The second-order valence-electron chi connectivity index (χ2n) is 7.59. The van der Waals surface area contributed by atoms with E-state index in [9.17, 15) is 38.7 Å². The molecule has 0 heterocycles. The van der Waals surface area contributed by atoms with Crippen LogP contribution in [0.3, 0.4) is 0 Å². The van der Waals surface area contributed by atoms with Crippen LogP contribution in [0.2, 0.25) is 0 Å². The minimum Gasteiger partial charge on any atom is -0.480 e. The first-order valence-electron chi connectivity index (χ1n) is 10.5. The van der Waals surface area contributed by atoms with Crippen molar-refractivity contribution < 1.29 is 38.7 Å². The van der Waals surface area contributed by atoms with Gasteiger partial charge in [0.2, 0.25) is 35.4 Å². The van der Waals surface area contributed by atoms with Gasteiger partial charge in [-0.1, -0.05) is 0 Å². The van der Waals surface area contributed by atoms with E-state index in [1.807, 2.05) is 6.26 Å². The zero-order chi connectivity index (χ0) is 27.1. The Bertz CT molecular complexity index is 810. The second kappa shape index (κ2) is 16.3. The Morgan fingerprint density at radius 2 is 1.14 bits per heavy atom. The minimum atomic E-state index is -1.69. The van der Waals surface area contributed by atoms with Crippen molar-refractivity contribution in [2.75, 3.05) is 12.0 Å². The molecule has 0 aliphatic heterocycles. The molecule has 0 fully saturated rings. The van der Waals surface area contributed by atoms with E-state index in [1.165, 1.54) is 11.8 Å². The van der Waals surface area contributed by atoms with Crippen molar-refractivity contribution in [2.45, 2.75) is 62.7 Å². The average Bonchev–Trinajstić information content (AvgIpc) is 2.75. The molecule has 0 saturated heterocycles. The fourth-order valence-electron chi connectivity index (χ4n) is 2.71. The van der Waals surface area contributed by atoms with Crippen LogP contribution in [0.25, 0.3) is 0 Å². The third kappa shape index (κ3) is 13.8. The molecular formula is C19H33N7O8S. The van der Waals surface area contributed by atoms with E-state index in [1.54, 1.807) is 0 Å². The third-order valence-electron chi connectivity index (χ3n) is 4.61. The van der Waals surface area contributed by atoms with Crippen molar-refractivity contribution in [1.29, 1.82) is 0 Å². The number of carbonyl (C=O) groups is 7. The van der Waals surface area contributed by atoms with Gasteiger partial charge in [-0.3, -0.25) is 28.8 Å². The maximum Gasteiger partial charge on any atom is 0.326 e. The molecule has 0 rings (SSSR count). The standard InChI is InChI=1S/C19H33N7O8S/c1-35-7-6-9(20)16(30)24-10(2-4-13(21)27)17(31)25-11(3-5-14(22)28)18(32)26-12(19(33)34)8-15(23)29/h9-12H,2-8,20H2,1H3,(H2,21,27)(H2,22,28)(H2,23,29)(H,24,30)(H,25,31)(H,26,32)(H,33,34). The predicted octanol–water partition coefficient (Wildman–Crippen LogP) is -3.99. The van der Waals surface area contributed by atoms with Crippen LogP contribution in [0, 0.1) is 0 Å². The van der Waals surface area contributed by atoms with Crippen molar-refractivity contribution in [2.24, 2.45) is 22.9 Å². The van der Waals surface area contributed by atoms with Crippen molar-refractivity contribution in [3.05, 3.63) is 0 Å². The second-order valence-corrected chi connectivity index (χ2v) is 8.58. The lowest BCUT2D eigenvalue weighted by molar-refractivity contribution is -0.144. The summed E-state index contributed by atoms with van der Waals surface area (Å²) in [6.45, 7) is 0. The number of carboxylic acids is 1. The lowest BCUT2D eigenvalue weighted by Gasteiger charge is -2.25. The average molecular weight is 520 g/mol. The van der Waals surface area contributed by atoms with Crippen LogP contribution in [0.15, 0.2) is 0 Å². The minimum absolute atomic E-state index is 0.217. The zero-order valence-corrected chi connectivity index (χ0v) is 20.1. The molecule has 0 radical (unpaired) electrons. The maximum atomic E-state index is 12.9. The lowest BCUT2D eigenvalue weighted by Crippen LogP contribution is -2.57. The highest BCUT2D eigenvalue weighted by Crippen LogP contribution is 2.05. The van der Waals surface area contributed by atoms with E-state index in [4.69, 9.17) is 22.9 Å². The van der Waals surface area contributed by atoms with Gasteiger partial charge in [0.15, 0.2) is 0 Å². The molecule has 0 aliphatic rings. The quantitative estimate of drug-likeness (QED) is 0.0868. The van der Waals surface area contributed by atoms with Crippen molar-refractivity contribution in [1.82, 2.24) is 16.0 Å².